The Kier molecular flexibility index (Phi) is 4.16. The summed E-state index contributed by atoms with van der Waals surface area (Å²) in [6.07, 6.45) is 0.605. The van der Waals surface area contributed by atoms with Crippen molar-refractivity contribution in [3.63, 3.8) is 0 Å². The highest BCUT2D eigenvalue weighted by atomic mass is 32.2. The van der Waals surface area contributed by atoms with Crippen molar-refractivity contribution in [2.75, 3.05) is 12.9 Å². The fourth-order valence-corrected chi connectivity index (χ4v) is 3.15. The zero-order valence-corrected chi connectivity index (χ0v) is 11.3. The molecule has 0 radical (unpaired) electrons. The normalized spacial score (nSPS) is 12.5. The van der Waals surface area contributed by atoms with Crippen LogP contribution in [0.25, 0.3) is 0 Å². The van der Waals surface area contributed by atoms with E-state index in [-0.39, 0.29) is 5.75 Å². The molecular formula is C12H19NO3S. The van der Waals surface area contributed by atoms with Crippen molar-refractivity contribution >= 4 is 10.0 Å². The van der Waals surface area contributed by atoms with Crippen molar-refractivity contribution < 1.29 is 13.2 Å². The molecule has 0 heterocycles. The third-order valence-corrected chi connectivity index (χ3v) is 3.64. The molecular weight excluding hydrogens is 238 g/mol. The third-order valence-electron chi connectivity index (χ3n) is 2.45. The molecule has 1 rings (SSSR count). The van der Waals surface area contributed by atoms with Gasteiger partial charge in [0.1, 0.15) is 5.75 Å². The molecule has 0 aliphatic rings. The number of nitrogens with two attached hydrogens (primary N) is 1. The molecule has 96 valence electrons. The quantitative estimate of drug-likeness (QED) is 0.870. The van der Waals surface area contributed by atoms with E-state index in [2.05, 4.69) is 0 Å². The van der Waals surface area contributed by atoms with Crippen LogP contribution in [0.15, 0.2) is 24.3 Å². The van der Waals surface area contributed by atoms with Gasteiger partial charge in [-0.05, 0) is 23.5 Å². The standard InChI is InChI=1S/C12H19NO3S/c1-12(2,9-17(13,14)15)8-10-6-4-5-7-11(10)16-3/h4-7H,8-9H2,1-3H3,(H2,13,14,15). The molecule has 0 atom stereocenters. The van der Waals surface area contributed by atoms with Crippen molar-refractivity contribution in [1.29, 1.82) is 0 Å². The summed E-state index contributed by atoms with van der Waals surface area (Å²) < 4.78 is 27.5. The van der Waals surface area contributed by atoms with E-state index in [0.29, 0.717) is 6.42 Å². The van der Waals surface area contributed by atoms with E-state index in [0.717, 1.165) is 11.3 Å². The maximum atomic E-state index is 11.1. The van der Waals surface area contributed by atoms with E-state index in [4.69, 9.17) is 9.88 Å². The van der Waals surface area contributed by atoms with E-state index >= 15 is 0 Å². The van der Waals surface area contributed by atoms with Gasteiger partial charge in [-0.25, -0.2) is 13.6 Å². The Morgan fingerprint density at radius 3 is 2.41 bits per heavy atom. The lowest BCUT2D eigenvalue weighted by Crippen LogP contribution is -2.30. The van der Waals surface area contributed by atoms with Crippen LogP contribution in [-0.2, 0) is 16.4 Å². The summed E-state index contributed by atoms with van der Waals surface area (Å²) in [5, 5.41) is 5.09. The first-order valence-corrected chi connectivity index (χ1v) is 7.07. The van der Waals surface area contributed by atoms with Crippen molar-refractivity contribution in [3.05, 3.63) is 29.8 Å². The Bertz CT molecular complexity index is 480. The molecule has 0 unspecified atom stereocenters. The van der Waals surface area contributed by atoms with Crippen LogP contribution in [0.4, 0.5) is 0 Å². The van der Waals surface area contributed by atoms with Gasteiger partial charge in [0.25, 0.3) is 0 Å². The maximum absolute atomic E-state index is 11.1. The summed E-state index contributed by atoms with van der Waals surface area (Å²) in [6.45, 7) is 3.76. The monoisotopic (exact) mass is 257 g/mol. The SMILES string of the molecule is COc1ccccc1CC(C)(C)CS(N)(=O)=O. The van der Waals surface area contributed by atoms with Crippen LogP contribution >= 0.6 is 0 Å². The number of primary sulfonamides is 1. The van der Waals surface area contributed by atoms with E-state index < -0.39 is 15.4 Å². The van der Waals surface area contributed by atoms with Gasteiger partial charge in [0.2, 0.25) is 10.0 Å². The molecule has 17 heavy (non-hydrogen) atoms. The van der Waals surface area contributed by atoms with Crippen molar-refractivity contribution in [3.8, 4) is 5.75 Å². The highest BCUT2D eigenvalue weighted by Gasteiger charge is 2.25. The van der Waals surface area contributed by atoms with Gasteiger partial charge in [-0.15, -0.1) is 0 Å². The summed E-state index contributed by atoms with van der Waals surface area (Å²) in [5.41, 5.74) is 0.575. The number of methoxy groups -OCH3 is 1. The number of para-hydroxylation sites is 1. The maximum Gasteiger partial charge on any atom is 0.209 e. The Labute approximate surface area is 103 Å². The van der Waals surface area contributed by atoms with Crippen LogP contribution in [0.2, 0.25) is 0 Å². The lowest BCUT2D eigenvalue weighted by atomic mass is 9.87. The fourth-order valence-electron chi connectivity index (χ4n) is 1.96. The summed E-state index contributed by atoms with van der Waals surface area (Å²) >= 11 is 0. The van der Waals surface area contributed by atoms with Crippen LogP contribution in [0.1, 0.15) is 19.4 Å². The van der Waals surface area contributed by atoms with Crippen molar-refractivity contribution in [1.82, 2.24) is 0 Å². The average Bonchev–Trinajstić information content (AvgIpc) is 2.14. The summed E-state index contributed by atoms with van der Waals surface area (Å²) in [5.74, 6) is 0.730. The van der Waals surface area contributed by atoms with E-state index in [1.807, 2.05) is 38.1 Å². The molecule has 0 aliphatic carbocycles. The second-order valence-electron chi connectivity index (χ2n) is 4.96. The number of sulfonamides is 1. The molecule has 0 bridgehead atoms. The number of rotatable bonds is 5. The Morgan fingerprint density at radius 2 is 1.88 bits per heavy atom. The molecule has 0 spiro atoms. The predicted molar refractivity (Wildman–Crippen MR) is 68.5 cm³/mol. The van der Waals surface area contributed by atoms with E-state index in [1.165, 1.54) is 0 Å². The molecule has 0 amide bonds. The molecule has 0 aliphatic heterocycles. The second-order valence-corrected chi connectivity index (χ2v) is 6.57. The number of ether oxygens (including phenoxy) is 1. The predicted octanol–water partition coefficient (Wildman–Crippen LogP) is 1.55. The van der Waals surface area contributed by atoms with Gasteiger partial charge in [-0.2, -0.15) is 0 Å². The third kappa shape index (κ3) is 4.75. The second kappa shape index (κ2) is 5.06. The average molecular weight is 257 g/mol. The first kappa shape index (κ1) is 14.0. The zero-order chi connectivity index (χ0) is 13.1. The van der Waals surface area contributed by atoms with E-state index in [9.17, 15) is 8.42 Å². The smallest absolute Gasteiger partial charge is 0.209 e. The molecule has 4 nitrogen and oxygen atoms in total. The molecule has 2 N–H and O–H groups in total. The van der Waals surface area contributed by atoms with Crippen molar-refractivity contribution in [2.24, 2.45) is 10.6 Å². The molecule has 1 aromatic rings. The zero-order valence-electron chi connectivity index (χ0n) is 10.4. The minimum atomic E-state index is -3.46. The Balaban J connectivity index is 2.90. The molecule has 0 fully saturated rings. The van der Waals surface area contributed by atoms with Gasteiger partial charge in [-0.3, -0.25) is 0 Å². The lowest BCUT2D eigenvalue weighted by molar-refractivity contribution is 0.379. The van der Waals surface area contributed by atoms with E-state index in [1.54, 1.807) is 7.11 Å². The molecule has 5 heteroatoms. The van der Waals surface area contributed by atoms with Crippen LogP contribution in [0.5, 0.6) is 5.75 Å². The molecule has 1 aromatic carbocycles. The summed E-state index contributed by atoms with van der Waals surface area (Å²) in [7, 11) is -1.86. The first-order valence-electron chi connectivity index (χ1n) is 5.36. The summed E-state index contributed by atoms with van der Waals surface area (Å²) in [4.78, 5) is 0. The van der Waals surface area contributed by atoms with Gasteiger partial charge in [0, 0.05) is 0 Å². The highest BCUT2D eigenvalue weighted by molar-refractivity contribution is 7.89. The van der Waals surface area contributed by atoms with Crippen LogP contribution < -0.4 is 9.88 Å². The molecule has 0 saturated heterocycles. The lowest BCUT2D eigenvalue weighted by Gasteiger charge is -2.24. The Hall–Kier alpha value is -1.07. The van der Waals surface area contributed by atoms with Gasteiger partial charge in [0.15, 0.2) is 0 Å². The molecule has 0 saturated carbocycles. The van der Waals surface area contributed by atoms with Crippen molar-refractivity contribution in [2.45, 2.75) is 20.3 Å². The van der Waals surface area contributed by atoms with Crippen LogP contribution in [0.3, 0.4) is 0 Å². The van der Waals surface area contributed by atoms with Gasteiger partial charge in [-0.1, -0.05) is 32.0 Å². The minimum absolute atomic E-state index is 0.0436. The van der Waals surface area contributed by atoms with Crippen LogP contribution in [0, 0.1) is 5.41 Å². The molecule has 0 aromatic heterocycles. The number of hydrogen-bond donors (Lipinski definition) is 1. The van der Waals surface area contributed by atoms with Gasteiger partial charge >= 0.3 is 0 Å². The van der Waals surface area contributed by atoms with Gasteiger partial charge in [0.05, 0.1) is 12.9 Å². The Morgan fingerprint density at radius 1 is 1.29 bits per heavy atom. The number of benzene rings is 1. The van der Waals surface area contributed by atoms with Gasteiger partial charge < -0.3 is 4.74 Å². The highest BCUT2D eigenvalue weighted by Crippen LogP contribution is 2.28. The number of hydrogen-bond acceptors (Lipinski definition) is 3. The first-order chi connectivity index (χ1) is 7.73. The fraction of sp³-hybridized carbons (Fsp3) is 0.500. The minimum Gasteiger partial charge on any atom is -0.496 e. The summed E-state index contributed by atoms with van der Waals surface area (Å²) in [6, 6.07) is 7.59. The topological polar surface area (TPSA) is 69.4 Å². The largest absolute Gasteiger partial charge is 0.496 e. The van der Waals surface area contributed by atoms with Crippen LogP contribution in [-0.4, -0.2) is 21.3 Å².